The van der Waals surface area contributed by atoms with Crippen molar-refractivity contribution in [1.29, 1.82) is 0 Å². The number of benzene rings is 2. The van der Waals surface area contributed by atoms with Gasteiger partial charge in [-0.3, -0.25) is 14.5 Å². The molecule has 6 nitrogen and oxygen atoms in total. The first-order valence-electron chi connectivity index (χ1n) is 10.8. The van der Waals surface area contributed by atoms with E-state index in [1.54, 1.807) is 47.0 Å². The van der Waals surface area contributed by atoms with Crippen LogP contribution in [0.15, 0.2) is 42.5 Å². The van der Waals surface area contributed by atoms with Crippen LogP contribution in [-0.4, -0.2) is 73.0 Å². The normalized spacial score (nSPS) is 15.2. The van der Waals surface area contributed by atoms with Crippen LogP contribution < -0.4 is 10.1 Å². The molecule has 0 aliphatic carbocycles. The number of halogens is 2. The van der Waals surface area contributed by atoms with Gasteiger partial charge >= 0.3 is 0 Å². The zero-order valence-electron chi connectivity index (χ0n) is 18.9. The number of methoxy groups -OCH3 is 1. The molecule has 9 heteroatoms. The maximum Gasteiger partial charge on any atom is 0.255 e. The van der Waals surface area contributed by atoms with Crippen LogP contribution in [0.2, 0.25) is 5.02 Å². The zero-order valence-corrected chi connectivity index (χ0v) is 20.4. The SMILES string of the molecule is COc1ccccc1C(=O)NC(CCSC)C(=O)N1CCN(Cc2ccc(F)cc2Cl)CC1. The summed E-state index contributed by atoms with van der Waals surface area (Å²) in [5.41, 5.74) is 1.27. The van der Waals surface area contributed by atoms with Gasteiger partial charge in [0.25, 0.3) is 5.91 Å². The molecule has 1 unspecified atom stereocenters. The minimum Gasteiger partial charge on any atom is -0.496 e. The van der Waals surface area contributed by atoms with Gasteiger partial charge in [0.05, 0.1) is 12.7 Å². The van der Waals surface area contributed by atoms with Crippen LogP contribution in [-0.2, 0) is 11.3 Å². The van der Waals surface area contributed by atoms with Crippen molar-refractivity contribution in [3.63, 3.8) is 0 Å². The number of piperazine rings is 1. The number of hydrogen-bond acceptors (Lipinski definition) is 5. The molecule has 0 aromatic heterocycles. The summed E-state index contributed by atoms with van der Waals surface area (Å²) in [5, 5.41) is 3.32. The first kappa shape index (κ1) is 25.3. The fraction of sp³-hybridized carbons (Fsp3) is 0.417. The second-order valence-electron chi connectivity index (χ2n) is 7.84. The Balaban J connectivity index is 1.61. The summed E-state index contributed by atoms with van der Waals surface area (Å²) in [6.07, 6.45) is 2.52. The van der Waals surface area contributed by atoms with Crippen molar-refractivity contribution in [3.05, 3.63) is 64.4 Å². The van der Waals surface area contributed by atoms with E-state index in [1.165, 1.54) is 19.2 Å². The minimum absolute atomic E-state index is 0.0771. The monoisotopic (exact) mass is 493 g/mol. The summed E-state index contributed by atoms with van der Waals surface area (Å²) < 4.78 is 18.6. The molecule has 1 aliphatic rings. The molecule has 3 rings (SSSR count). The van der Waals surface area contributed by atoms with Crippen LogP contribution in [0.4, 0.5) is 4.39 Å². The lowest BCUT2D eigenvalue weighted by Gasteiger charge is -2.36. The maximum atomic E-state index is 13.3. The Morgan fingerprint density at radius 2 is 1.91 bits per heavy atom. The van der Waals surface area contributed by atoms with Crippen LogP contribution in [0.25, 0.3) is 0 Å². The van der Waals surface area contributed by atoms with Crippen molar-refractivity contribution >= 4 is 35.2 Å². The highest BCUT2D eigenvalue weighted by Crippen LogP contribution is 2.21. The van der Waals surface area contributed by atoms with Gasteiger partial charge in [-0.25, -0.2) is 4.39 Å². The van der Waals surface area contributed by atoms with E-state index in [9.17, 15) is 14.0 Å². The Bertz CT molecular complexity index is 970. The Hall–Kier alpha value is -2.29. The van der Waals surface area contributed by atoms with Gasteiger partial charge in [0.15, 0.2) is 0 Å². The molecule has 1 atom stereocenters. The summed E-state index contributed by atoms with van der Waals surface area (Å²) in [5.74, 6) is 0.471. The van der Waals surface area contributed by atoms with E-state index < -0.39 is 6.04 Å². The quantitative estimate of drug-likeness (QED) is 0.577. The predicted molar refractivity (Wildman–Crippen MR) is 131 cm³/mol. The number of rotatable bonds is 9. The number of amides is 2. The molecule has 0 saturated carbocycles. The molecule has 0 spiro atoms. The van der Waals surface area contributed by atoms with Crippen LogP contribution in [0.5, 0.6) is 5.75 Å². The van der Waals surface area contributed by atoms with Crippen molar-refractivity contribution < 1.29 is 18.7 Å². The smallest absolute Gasteiger partial charge is 0.255 e. The number of ether oxygens (including phenoxy) is 1. The standard InChI is InChI=1S/C24H29ClFN3O3S/c1-32-22-6-4-3-5-19(22)23(30)27-21(9-14-33-2)24(31)29-12-10-28(11-13-29)16-17-7-8-18(26)15-20(17)25/h3-8,15,21H,9-14,16H2,1-2H3,(H,27,30). The third-order valence-electron chi connectivity index (χ3n) is 5.66. The van der Waals surface area contributed by atoms with E-state index in [4.69, 9.17) is 16.3 Å². The summed E-state index contributed by atoms with van der Waals surface area (Å²) >= 11 is 7.79. The number of carbonyl (C=O) groups is 2. The molecule has 1 aliphatic heterocycles. The molecule has 1 saturated heterocycles. The van der Waals surface area contributed by atoms with E-state index >= 15 is 0 Å². The van der Waals surface area contributed by atoms with Gasteiger partial charge in [-0.2, -0.15) is 11.8 Å². The van der Waals surface area contributed by atoms with Crippen molar-refractivity contribution in [1.82, 2.24) is 15.1 Å². The van der Waals surface area contributed by atoms with Crippen LogP contribution >= 0.6 is 23.4 Å². The number of hydrogen-bond donors (Lipinski definition) is 1. The molecule has 33 heavy (non-hydrogen) atoms. The van der Waals surface area contributed by atoms with E-state index in [1.807, 2.05) is 6.26 Å². The van der Waals surface area contributed by atoms with E-state index in [0.717, 1.165) is 11.3 Å². The Morgan fingerprint density at radius 3 is 2.58 bits per heavy atom. The van der Waals surface area contributed by atoms with Gasteiger partial charge in [0.1, 0.15) is 17.6 Å². The molecule has 2 amide bonds. The molecule has 1 N–H and O–H groups in total. The first-order valence-corrected chi connectivity index (χ1v) is 12.6. The van der Waals surface area contributed by atoms with Crippen molar-refractivity contribution in [2.45, 2.75) is 19.0 Å². The lowest BCUT2D eigenvalue weighted by atomic mass is 10.1. The molecule has 0 bridgehead atoms. The molecule has 1 fully saturated rings. The lowest BCUT2D eigenvalue weighted by molar-refractivity contribution is -0.135. The minimum atomic E-state index is -0.604. The van der Waals surface area contributed by atoms with Crippen molar-refractivity contribution in [2.75, 3.05) is 45.3 Å². The first-order chi connectivity index (χ1) is 15.9. The second kappa shape index (κ2) is 12.3. The molecule has 0 radical (unpaired) electrons. The molecular formula is C24H29ClFN3O3S. The van der Waals surface area contributed by atoms with Gasteiger partial charge in [0, 0.05) is 37.7 Å². The van der Waals surface area contributed by atoms with Gasteiger partial charge in [-0.15, -0.1) is 0 Å². The Labute approximate surface area is 203 Å². The molecule has 2 aromatic rings. The van der Waals surface area contributed by atoms with Gasteiger partial charge in [0.2, 0.25) is 5.91 Å². The largest absolute Gasteiger partial charge is 0.496 e. The van der Waals surface area contributed by atoms with Crippen molar-refractivity contribution in [2.24, 2.45) is 0 Å². The number of carbonyl (C=O) groups excluding carboxylic acids is 2. The third kappa shape index (κ3) is 6.85. The number of para-hydroxylation sites is 1. The Kier molecular flexibility index (Phi) is 9.41. The number of nitrogens with one attached hydrogen (secondary N) is 1. The van der Waals surface area contributed by atoms with Gasteiger partial charge in [-0.1, -0.05) is 29.8 Å². The average molecular weight is 494 g/mol. The summed E-state index contributed by atoms with van der Waals surface area (Å²) in [4.78, 5) is 30.1. The van der Waals surface area contributed by atoms with E-state index in [0.29, 0.717) is 55.5 Å². The lowest BCUT2D eigenvalue weighted by Crippen LogP contribution is -2.55. The van der Waals surface area contributed by atoms with Crippen LogP contribution in [0, 0.1) is 5.82 Å². The van der Waals surface area contributed by atoms with Gasteiger partial charge < -0.3 is 15.0 Å². The van der Waals surface area contributed by atoms with Crippen LogP contribution in [0.1, 0.15) is 22.3 Å². The highest BCUT2D eigenvalue weighted by molar-refractivity contribution is 7.98. The fourth-order valence-corrected chi connectivity index (χ4v) is 4.50. The zero-order chi connectivity index (χ0) is 23.8. The highest BCUT2D eigenvalue weighted by Gasteiger charge is 2.29. The molecule has 1 heterocycles. The second-order valence-corrected chi connectivity index (χ2v) is 9.24. The van der Waals surface area contributed by atoms with E-state index in [-0.39, 0.29) is 17.6 Å². The summed E-state index contributed by atoms with van der Waals surface area (Å²) in [6, 6.07) is 10.8. The molecule has 178 valence electrons. The maximum absolute atomic E-state index is 13.3. The summed E-state index contributed by atoms with van der Waals surface area (Å²) in [6.45, 7) is 3.06. The third-order valence-corrected chi connectivity index (χ3v) is 6.65. The number of nitrogens with zero attached hydrogens (tertiary/aromatic N) is 2. The van der Waals surface area contributed by atoms with E-state index in [2.05, 4.69) is 10.2 Å². The highest BCUT2D eigenvalue weighted by atomic mass is 35.5. The molecular weight excluding hydrogens is 465 g/mol. The average Bonchev–Trinajstić information content (AvgIpc) is 2.83. The topological polar surface area (TPSA) is 61.9 Å². The molecule has 2 aromatic carbocycles. The van der Waals surface area contributed by atoms with Gasteiger partial charge in [-0.05, 0) is 48.3 Å². The van der Waals surface area contributed by atoms with Crippen LogP contribution in [0.3, 0.4) is 0 Å². The summed E-state index contributed by atoms with van der Waals surface area (Å²) in [7, 11) is 1.51. The predicted octanol–water partition coefficient (Wildman–Crippen LogP) is 3.68. The Morgan fingerprint density at radius 1 is 1.18 bits per heavy atom. The fourth-order valence-electron chi connectivity index (χ4n) is 3.80. The number of thioether (sulfide) groups is 1. The van der Waals surface area contributed by atoms with Crippen molar-refractivity contribution in [3.8, 4) is 5.75 Å².